The summed E-state index contributed by atoms with van der Waals surface area (Å²) in [5.74, 6) is -0.130. The first-order chi connectivity index (χ1) is 21.5. The number of nitrogens with zero attached hydrogens (tertiary/aromatic N) is 3. The molecule has 3 heterocycles. The van der Waals surface area contributed by atoms with E-state index in [0.29, 0.717) is 32.8 Å². The predicted molar refractivity (Wildman–Crippen MR) is 177 cm³/mol. The zero-order valence-electron chi connectivity index (χ0n) is 25.9. The minimum atomic E-state index is -1.92. The molecule has 0 radical (unpaired) electrons. The van der Waals surface area contributed by atoms with Crippen LogP contribution in [0.3, 0.4) is 0 Å². The minimum Gasteiger partial charge on any atom is -0.487 e. The van der Waals surface area contributed by atoms with E-state index >= 15 is 0 Å². The van der Waals surface area contributed by atoms with Crippen molar-refractivity contribution in [3.63, 3.8) is 0 Å². The van der Waals surface area contributed by atoms with Crippen molar-refractivity contribution in [3.8, 4) is 11.6 Å². The van der Waals surface area contributed by atoms with Crippen molar-refractivity contribution < 1.29 is 33.3 Å². The van der Waals surface area contributed by atoms with E-state index in [1.165, 1.54) is 25.7 Å². The van der Waals surface area contributed by atoms with Crippen molar-refractivity contribution in [2.45, 2.75) is 62.5 Å². The normalized spacial score (nSPS) is 18.3. The molecule has 2 atom stereocenters. The number of aromatic nitrogens is 1. The molecule has 1 saturated heterocycles. The Bertz CT molecular complexity index is 1490. The average molecular weight is 738 g/mol. The Balaban J connectivity index is 1.59. The molecular formula is C31H34Cl5N3O7. The van der Waals surface area contributed by atoms with Gasteiger partial charge in [0.15, 0.2) is 11.4 Å². The molecule has 10 nitrogen and oxygen atoms in total. The molecule has 0 N–H and O–H groups in total. The van der Waals surface area contributed by atoms with Crippen LogP contribution in [0.1, 0.15) is 45.2 Å². The van der Waals surface area contributed by atoms with Gasteiger partial charge in [0.1, 0.15) is 13.2 Å². The maximum atomic E-state index is 13.6. The number of esters is 1. The van der Waals surface area contributed by atoms with Crippen molar-refractivity contribution >= 4 is 81.5 Å². The molecule has 1 fully saturated rings. The van der Waals surface area contributed by atoms with E-state index in [0.717, 1.165) is 5.56 Å². The lowest BCUT2D eigenvalue weighted by atomic mass is 9.82. The topological polar surface area (TPSA) is 108 Å². The fourth-order valence-corrected chi connectivity index (χ4v) is 6.09. The number of pyridine rings is 1. The number of piperazine rings is 1. The maximum absolute atomic E-state index is 13.6. The second-order valence-electron chi connectivity index (χ2n) is 11.3. The highest BCUT2D eigenvalue weighted by molar-refractivity contribution is 6.68. The Morgan fingerprint density at radius 1 is 1.02 bits per heavy atom. The number of ether oxygens (including phenoxy) is 4. The summed E-state index contributed by atoms with van der Waals surface area (Å²) < 4.78 is 20.6. The summed E-state index contributed by atoms with van der Waals surface area (Å²) in [5, 5.41) is 0.810. The number of hydrogen-bond acceptors (Lipinski definition) is 8. The van der Waals surface area contributed by atoms with E-state index in [1.807, 2.05) is 6.92 Å². The molecule has 4 rings (SSSR count). The van der Waals surface area contributed by atoms with Crippen molar-refractivity contribution in [1.29, 1.82) is 0 Å². The summed E-state index contributed by atoms with van der Waals surface area (Å²) in [7, 11) is 0. The van der Waals surface area contributed by atoms with Gasteiger partial charge in [-0.1, -0.05) is 58.0 Å². The molecule has 2 amide bonds. The Hall–Kier alpha value is -2.63. The molecule has 0 spiro atoms. The number of aryl methyl sites for hydroxylation is 1. The molecular weight excluding hydrogens is 704 g/mol. The smallest absolute Gasteiger partial charge is 0.411 e. The van der Waals surface area contributed by atoms with Crippen molar-refractivity contribution in [2.75, 3.05) is 32.9 Å². The van der Waals surface area contributed by atoms with Crippen LogP contribution in [0.15, 0.2) is 36.0 Å². The number of carbonyl (C=O) groups excluding carboxylic acids is 3. The van der Waals surface area contributed by atoms with Gasteiger partial charge in [-0.05, 0) is 69.0 Å². The van der Waals surface area contributed by atoms with Gasteiger partial charge in [-0.25, -0.2) is 14.6 Å². The second-order valence-corrected chi connectivity index (χ2v) is 14.4. The number of carbonyl (C=O) groups is 3. The van der Waals surface area contributed by atoms with E-state index in [9.17, 15) is 14.4 Å². The average Bonchev–Trinajstić information content (AvgIpc) is 2.94. The standard InChI is InChI=1S/C31H34Cl5N3O7/c1-6-43-28(41)26-21(19-7-8-25(37-14-19)44-9-10-45-27-22(32)11-17(2)12-23(27)33)13-20-15-38(18(3)40)16-24(26)39(20)29(42)46-30(4,5)31(34,35)36/h7-8,11-12,14,20,24H,6,9-10,13,15-16H2,1-5H3/t20-,24-/m1/s1. The van der Waals surface area contributed by atoms with Crippen molar-refractivity contribution in [1.82, 2.24) is 14.8 Å². The van der Waals surface area contributed by atoms with Crippen LogP contribution in [0.4, 0.5) is 4.79 Å². The third-order valence-corrected chi connectivity index (χ3v) is 9.56. The second kappa shape index (κ2) is 14.6. The molecule has 1 aromatic heterocycles. The number of amides is 2. The Morgan fingerprint density at radius 2 is 1.67 bits per heavy atom. The molecule has 2 aromatic rings. The van der Waals surface area contributed by atoms with E-state index in [1.54, 1.807) is 42.3 Å². The lowest BCUT2D eigenvalue weighted by molar-refractivity contribution is -0.142. The van der Waals surface area contributed by atoms with E-state index in [-0.39, 0.29) is 50.8 Å². The van der Waals surface area contributed by atoms with Crippen LogP contribution in [-0.2, 0) is 19.1 Å². The molecule has 2 bridgehead atoms. The van der Waals surface area contributed by atoms with Crippen LogP contribution >= 0.6 is 58.0 Å². The van der Waals surface area contributed by atoms with E-state index in [2.05, 4.69) is 4.98 Å². The van der Waals surface area contributed by atoms with Crippen LogP contribution in [0.2, 0.25) is 10.0 Å². The number of hydrogen-bond donors (Lipinski definition) is 0. The molecule has 46 heavy (non-hydrogen) atoms. The van der Waals surface area contributed by atoms with Gasteiger partial charge in [-0.15, -0.1) is 0 Å². The molecule has 0 unspecified atom stereocenters. The zero-order valence-corrected chi connectivity index (χ0v) is 29.7. The minimum absolute atomic E-state index is 0.0381. The third-order valence-electron chi connectivity index (χ3n) is 7.64. The van der Waals surface area contributed by atoms with Gasteiger partial charge >= 0.3 is 12.1 Å². The van der Waals surface area contributed by atoms with Gasteiger partial charge in [-0.3, -0.25) is 9.69 Å². The summed E-state index contributed by atoms with van der Waals surface area (Å²) in [5.41, 5.74) is 0.890. The van der Waals surface area contributed by atoms with Gasteiger partial charge in [0, 0.05) is 32.3 Å². The number of halogens is 5. The highest BCUT2D eigenvalue weighted by Crippen LogP contribution is 2.43. The summed E-state index contributed by atoms with van der Waals surface area (Å²) in [4.78, 5) is 47.0. The van der Waals surface area contributed by atoms with E-state index in [4.69, 9.17) is 77.0 Å². The van der Waals surface area contributed by atoms with Crippen LogP contribution in [0.5, 0.6) is 11.6 Å². The molecule has 2 aliphatic heterocycles. The molecule has 250 valence electrons. The summed E-state index contributed by atoms with van der Waals surface area (Å²) >= 11 is 30.7. The predicted octanol–water partition coefficient (Wildman–Crippen LogP) is 7.06. The number of rotatable bonds is 9. The summed E-state index contributed by atoms with van der Waals surface area (Å²) in [6.07, 6.45) is 0.996. The zero-order chi connectivity index (χ0) is 34.0. The van der Waals surface area contributed by atoms with Crippen LogP contribution in [0.25, 0.3) is 5.57 Å². The largest absolute Gasteiger partial charge is 0.487 e. The van der Waals surface area contributed by atoms with Gasteiger partial charge < -0.3 is 23.8 Å². The highest BCUT2D eigenvalue weighted by Gasteiger charge is 2.51. The fourth-order valence-electron chi connectivity index (χ4n) is 5.27. The van der Waals surface area contributed by atoms with Crippen LogP contribution < -0.4 is 9.47 Å². The maximum Gasteiger partial charge on any atom is 0.411 e. The van der Waals surface area contributed by atoms with Gasteiger partial charge in [0.25, 0.3) is 0 Å². The Kier molecular flexibility index (Phi) is 11.5. The first-order valence-electron chi connectivity index (χ1n) is 14.4. The first kappa shape index (κ1) is 36.2. The lowest BCUT2D eigenvalue weighted by Crippen LogP contribution is -2.65. The first-order valence-corrected chi connectivity index (χ1v) is 16.3. The van der Waals surface area contributed by atoms with Crippen molar-refractivity contribution in [2.24, 2.45) is 0 Å². The lowest BCUT2D eigenvalue weighted by Gasteiger charge is -2.50. The molecule has 0 aliphatic carbocycles. The van der Waals surface area contributed by atoms with Gasteiger partial charge in [0.2, 0.25) is 15.6 Å². The fraction of sp³-hybridized carbons (Fsp3) is 0.484. The number of fused-ring (bicyclic) bond motifs is 2. The molecule has 0 saturated carbocycles. The molecule has 15 heteroatoms. The number of benzene rings is 1. The summed E-state index contributed by atoms with van der Waals surface area (Å²) in [6.45, 7) is 8.61. The quantitative estimate of drug-likeness (QED) is 0.153. The van der Waals surface area contributed by atoms with Gasteiger partial charge in [0.05, 0.1) is 34.3 Å². The monoisotopic (exact) mass is 735 g/mol. The highest BCUT2D eigenvalue weighted by atomic mass is 35.6. The Morgan fingerprint density at radius 3 is 2.24 bits per heavy atom. The van der Waals surface area contributed by atoms with Crippen molar-refractivity contribution in [3.05, 3.63) is 57.2 Å². The van der Waals surface area contributed by atoms with Crippen LogP contribution in [-0.4, -0.2) is 87.1 Å². The molecule has 1 aromatic carbocycles. The molecule has 2 aliphatic rings. The Labute approximate surface area is 292 Å². The summed E-state index contributed by atoms with van der Waals surface area (Å²) in [6, 6.07) is 5.50. The van der Waals surface area contributed by atoms with Crippen LogP contribution in [0, 0.1) is 6.92 Å². The van der Waals surface area contributed by atoms with Gasteiger partial charge in [-0.2, -0.15) is 0 Å². The SMILES string of the molecule is CCOC(=O)C1=C(c2ccc(OCCOc3c(Cl)cc(C)cc3Cl)nc2)C[C@@H]2CN(C(C)=O)C[C@H]1N2C(=O)OC(C)(C)C(Cl)(Cl)Cl. The number of alkyl halides is 3. The third kappa shape index (κ3) is 8.08. The van der Waals surface area contributed by atoms with E-state index < -0.39 is 33.5 Å².